The molecule has 0 fully saturated rings. The monoisotopic (exact) mass is 465 g/mol. The molecule has 142 valence electrons. The van der Waals surface area contributed by atoms with E-state index in [4.69, 9.17) is 0 Å². The fourth-order valence-electron chi connectivity index (χ4n) is 3.71. The van der Waals surface area contributed by atoms with Crippen LogP contribution in [0.15, 0.2) is 60.7 Å². The molecule has 2 rings (SSSR count). The third-order valence-corrected chi connectivity index (χ3v) is 5.71. The fourth-order valence-corrected chi connectivity index (χ4v) is 3.71. The number of hydrogen-bond acceptors (Lipinski definition) is 1. The number of rotatable bonds is 10. The molecule has 0 aliphatic heterocycles. The highest BCUT2D eigenvalue weighted by Crippen LogP contribution is 2.26. The van der Waals surface area contributed by atoms with Gasteiger partial charge in [0.05, 0.1) is 26.2 Å². The van der Waals surface area contributed by atoms with Crippen LogP contribution in [0.5, 0.6) is 0 Å². The van der Waals surface area contributed by atoms with Crippen LogP contribution in [0.3, 0.4) is 0 Å². The van der Waals surface area contributed by atoms with Crippen LogP contribution in [0.4, 0.5) is 0 Å². The van der Waals surface area contributed by atoms with Crippen molar-refractivity contribution in [2.75, 3.05) is 26.2 Å². The van der Waals surface area contributed by atoms with Gasteiger partial charge in [-0.25, -0.2) is 0 Å². The molecular formula is C23H32INO. The predicted molar refractivity (Wildman–Crippen MR) is 106 cm³/mol. The third kappa shape index (κ3) is 5.92. The molecule has 0 aliphatic rings. The minimum atomic E-state index is -0.0453. The Bertz CT molecular complexity index is 630. The van der Waals surface area contributed by atoms with Crippen molar-refractivity contribution in [1.29, 1.82) is 0 Å². The highest BCUT2D eigenvalue weighted by Gasteiger charge is 2.25. The molecule has 0 radical (unpaired) electrons. The van der Waals surface area contributed by atoms with Gasteiger partial charge in [0.25, 0.3) is 0 Å². The molecule has 0 aromatic heterocycles. The smallest absolute Gasteiger partial charge is 0.170 e. The Morgan fingerprint density at radius 1 is 0.846 bits per heavy atom. The first-order chi connectivity index (χ1) is 12.2. The van der Waals surface area contributed by atoms with Gasteiger partial charge in [-0.2, -0.15) is 0 Å². The van der Waals surface area contributed by atoms with Gasteiger partial charge in [0.1, 0.15) is 0 Å². The van der Waals surface area contributed by atoms with E-state index in [1.807, 2.05) is 48.5 Å². The zero-order valence-corrected chi connectivity index (χ0v) is 18.5. The van der Waals surface area contributed by atoms with Crippen LogP contribution < -0.4 is 24.0 Å². The molecule has 0 heterocycles. The number of hydrogen-bond donors (Lipinski definition) is 0. The van der Waals surface area contributed by atoms with Crippen LogP contribution >= 0.6 is 0 Å². The summed E-state index contributed by atoms with van der Waals surface area (Å²) in [7, 11) is 0. The molecule has 0 spiro atoms. The lowest BCUT2D eigenvalue weighted by Crippen LogP contribution is -3.00. The SMILES string of the molecule is CC[N+](CC)(CC)CCCC(C(=O)c1ccccc1)c1ccccc1.[I-]. The van der Waals surface area contributed by atoms with Gasteiger partial charge in [0, 0.05) is 11.5 Å². The van der Waals surface area contributed by atoms with Gasteiger partial charge in [-0.15, -0.1) is 0 Å². The fraction of sp³-hybridized carbons (Fsp3) is 0.435. The quantitative estimate of drug-likeness (QED) is 0.299. The lowest BCUT2D eigenvalue weighted by atomic mass is 9.87. The summed E-state index contributed by atoms with van der Waals surface area (Å²) in [5.41, 5.74) is 1.96. The normalized spacial score (nSPS) is 12.3. The van der Waals surface area contributed by atoms with E-state index in [-0.39, 0.29) is 35.7 Å². The average Bonchev–Trinajstić information content (AvgIpc) is 2.70. The highest BCUT2D eigenvalue weighted by molar-refractivity contribution is 6.00. The van der Waals surface area contributed by atoms with Crippen LogP contribution in [0.25, 0.3) is 0 Å². The minimum Gasteiger partial charge on any atom is -1.00 e. The third-order valence-electron chi connectivity index (χ3n) is 5.71. The topological polar surface area (TPSA) is 17.1 Å². The number of quaternary nitrogens is 1. The van der Waals surface area contributed by atoms with Gasteiger partial charge in [-0.1, -0.05) is 60.7 Å². The molecule has 2 nitrogen and oxygen atoms in total. The predicted octanol–water partition coefficient (Wildman–Crippen LogP) is 2.31. The molecule has 0 bridgehead atoms. The number of carbonyl (C=O) groups is 1. The van der Waals surface area contributed by atoms with Crippen LogP contribution in [0, 0.1) is 0 Å². The first-order valence-corrected chi connectivity index (χ1v) is 9.65. The van der Waals surface area contributed by atoms with E-state index < -0.39 is 0 Å². The number of benzene rings is 2. The molecule has 0 N–H and O–H groups in total. The number of Topliss-reactive ketones (excluding diaryl/α,β-unsaturated/α-hetero) is 1. The Morgan fingerprint density at radius 2 is 1.35 bits per heavy atom. The maximum absolute atomic E-state index is 13.1. The second-order valence-corrected chi connectivity index (χ2v) is 6.85. The summed E-state index contributed by atoms with van der Waals surface area (Å²) in [5, 5.41) is 0. The van der Waals surface area contributed by atoms with E-state index in [0.717, 1.165) is 54.6 Å². The van der Waals surface area contributed by atoms with Crippen LogP contribution in [-0.4, -0.2) is 36.4 Å². The molecule has 2 aromatic carbocycles. The van der Waals surface area contributed by atoms with Crippen LogP contribution in [-0.2, 0) is 0 Å². The standard InChI is InChI=1S/C23H32NO.HI/c1-4-24(5-2,6-3)19-13-18-22(20-14-9-7-10-15-20)23(25)21-16-11-8-12-17-21;/h7-12,14-17,22H,4-6,13,18-19H2,1-3H3;1H/q+1;/p-1. The molecule has 0 amide bonds. The molecule has 26 heavy (non-hydrogen) atoms. The van der Waals surface area contributed by atoms with Crippen molar-refractivity contribution in [2.24, 2.45) is 0 Å². The minimum absolute atomic E-state index is 0. The maximum Gasteiger partial charge on any atom is 0.170 e. The van der Waals surface area contributed by atoms with Gasteiger partial charge >= 0.3 is 0 Å². The molecule has 0 saturated heterocycles. The van der Waals surface area contributed by atoms with Gasteiger partial charge in [0.15, 0.2) is 5.78 Å². The number of nitrogens with zero attached hydrogens (tertiary/aromatic N) is 1. The van der Waals surface area contributed by atoms with Crippen molar-refractivity contribution < 1.29 is 33.3 Å². The van der Waals surface area contributed by atoms with Crippen LogP contribution in [0.1, 0.15) is 55.5 Å². The number of ketones is 1. The molecule has 0 saturated carbocycles. The summed E-state index contributed by atoms with van der Waals surface area (Å²) in [5.74, 6) is 0.200. The van der Waals surface area contributed by atoms with E-state index in [1.54, 1.807) is 0 Å². The van der Waals surface area contributed by atoms with Gasteiger partial charge < -0.3 is 28.5 Å². The second kappa shape index (κ2) is 11.5. The summed E-state index contributed by atoms with van der Waals surface area (Å²) in [6.45, 7) is 11.5. The molecule has 3 heteroatoms. The lowest BCUT2D eigenvalue weighted by molar-refractivity contribution is -0.923. The van der Waals surface area contributed by atoms with Crippen molar-refractivity contribution in [3.63, 3.8) is 0 Å². The highest BCUT2D eigenvalue weighted by atomic mass is 127. The Morgan fingerprint density at radius 3 is 1.85 bits per heavy atom. The van der Waals surface area contributed by atoms with Gasteiger partial charge in [-0.05, 0) is 39.2 Å². The first-order valence-electron chi connectivity index (χ1n) is 9.65. The molecular weight excluding hydrogens is 433 g/mol. The molecule has 1 unspecified atom stereocenters. The Balaban J connectivity index is 0.00000338. The summed E-state index contributed by atoms with van der Waals surface area (Å²) in [4.78, 5) is 13.1. The van der Waals surface area contributed by atoms with Crippen molar-refractivity contribution in [3.05, 3.63) is 71.8 Å². The molecule has 2 aromatic rings. The summed E-state index contributed by atoms with van der Waals surface area (Å²) >= 11 is 0. The molecule has 0 aliphatic carbocycles. The summed E-state index contributed by atoms with van der Waals surface area (Å²) < 4.78 is 1.14. The Kier molecular flexibility index (Phi) is 10.1. The van der Waals surface area contributed by atoms with Crippen LogP contribution in [0.2, 0.25) is 0 Å². The van der Waals surface area contributed by atoms with E-state index in [2.05, 4.69) is 32.9 Å². The average molecular weight is 465 g/mol. The maximum atomic E-state index is 13.1. The first kappa shape index (κ1) is 22.8. The zero-order valence-electron chi connectivity index (χ0n) is 16.3. The Labute approximate surface area is 176 Å². The lowest BCUT2D eigenvalue weighted by Gasteiger charge is -2.36. The largest absolute Gasteiger partial charge is 1.00 e. The number of halogens is 1. The summed E-state index contributed by atoms with van der Waals surface area (Å²) in [6.07, 6.45) is 1.99. The number of carbonyl (C=O) groups excluding carboxylic acids is 1. The van der Waals surface area contributed by atoms with Crippen molar-refractivity contribution >= 4 is 5.78 Å². The summed E-state index contributed by atoms with van der Waals surface area (Å²) in [6, 6.07) is 20.0. The van der Waals surface area contributed by atoms with E-state index in [1.165, 1.54) is 0 Å². The van der Waals surface area contributed by atoms with Gasteiger partial charge in [-0.3, -0.25) is 4.79 Å². The zero-order chi connectivity index (χ0) is 18.1. The van der Waals surface area contributed by atoms with E-state index >= 15 is 0 Å². The van der Waals surface area contributed by atoms with Gasteiger partial charge in [0.2, 0.25) is 0 Å². The van der Waals surface area contributed by atoms with Crippen molar-refractivity contribution in [2.45, 2.75) is 39.5 Å². The second-order valence-electron chi connectivity index (χ2n) is 6.85. The van der Waals surface area contributed by atoms with Crippen molar-refractivity contribution in [3.8, 4) is 0 Å². The molecule has 1 atom stereocenters. The Hall–Kier alpha value is -1.20. The van der Waals surface area contributed by atoms with Crippen molar-refractivity contribution in [1.82, 2.24) is 0 Å². The van der Waals surface area contributed by atoms with E-state index in [0.29, 0.717) is 0 Å². The van der Waals surface area contributed by atoms with E-state index in [9.17, 15) is 4.79 Å².